The van der Waals surface area contributed by atoms with Crippen LogP contribution in [-0.2, 0) is 15.8 Å². The molecule has 21 heavy (non-hydrogen) atoms. The molecule has 1 atom stereocenters. The lowest BCUT2D eigenvalue weighted by Crippen LogP contribution is -2.32. The molecule has 112 valence electrons. The largest absolute Gasteiger partial charge is 0.398 e. The molecular weight excluding hydrogens is 288 g/mol. The maximum Gasteiger partial charge on any atom is 0.216 e. The second-order valence-electron chi connectivity index (χ2n) is 4.72. The Labute approximate surface area is 124 Å². The van der Waals surface area contributed by atoms with Gasteiger partial charge in [0.05, 0.1) is 18.4 Å². The van der Waals surface area contributed by atoms with Crippen LogP contribution in [0.2, 0.25) is 0 Å². The molecular formula is C15H18N2O3S. The number of anilines is 1. The number of rotatable bonds is 6. The Balaban J connectivity index is 2.15. The molecule has 6 heteroatoms. The van der Waals surface area contributed by atoms with Gasteiger partial charge in [-0.1, -0.05) is 48.5 Å². The summed E-state index contributed by atoms with van der Waals surface area (Å²) in [5.41, 5.74) is 7.44. The second-order valence-corrected chi connectivity index (χ2v) is 6.48. The van der Waals surface area contributed by atoms with Gasteiger partial charge in [-0.05, 0) is 17.2 Å². The van der Waals surface area contributed by atoms with E-state index in [9.17, 15) is 13.5 Å². The van der Waals surface area contributed by atoms with Crippen molar-refractivity contribution in [2.24, 2.45) is 0 Å². The highest BCUT2D eigenvalue weighted by atomic mass is 32.2. The van der Waals surface area contributed by atoms with Crippen molar-refractivity contribution in [3.63, 3.8) is 0 Å². The average molecular weight is 306 g/mol. The highest BCUT2D eigenvalue weighted by Gasteiger charge is 2.20. The fourth-order valence-electron chi connectivity index (χ4n) is 2.02. The van der Waals surface area contributed by atoms with Crippen molar-refractivity contribution in [2.45, 2.75) is 11.8 Å². The van der Waals surface area contributed by atoms with Gasteiger partial charge in [0.15, 0.2) is 0 Å². The molecule has 1 unspecified atom stereocenters. The zero-order valence-corrected chi connectivity index (χ0v) is 12.3. The standard InChI is InChI=1S/C15H18N2O3S/c16-14-9-5-4-8-13(14)11-21(19,20)17-15(10-18)12-6-2-1-3-7-12/h1-9,15,17-18H,10-11,16H2. The lowest BCUT2D eigenvalue weighted by Gasteiger charge is -2.17. The number of aliphatic hydroxyl groups excluding tert-OH is 1. The number of hydrogen-bond acceptors (Lipinski definition) is 4. The SMILES string of the molecule is Nc1ccccc1CS(=O)(=O)NC(CO)c1ccccc1. The maximum absolute atomic E-state index is 12.2. The molecule has 0 saturated heterocycles. The number of benzene rings is 2. The maximum atomic E-state index is 12.2. The Kier molecular flexibility index (Phi) is 4.95. The molecule has 0 amide bonds. The minimum atomic E-state index is -3.61. The Morgan fingerprint density at radius 2 is 1.67 bits per heavy atom. The van der Waals surface area contributed by atoms with Crippen molar-refractivity contribution < 1.29 is 13.5 Å². The molecule has 2 aromatic carbocycles. The first-order chi connectivity index (χ1) is 10.0. The summed E-state index contributed by atoms with van der Waals surface area (Å²) in [5.74, 6) is -0.219. The number of hydrogen-bond donors (Lipinski definition) is 3. The summed E-state index contributed by atoms with van der Waals surface area (Å²) in [4.78, 5) is 0. The van der Waals surface area contributed by atoms with Crippen molar-refractivity contribution in [3.8, 4) is 0 Å². The third kappa shape index (κ3) is 4.29. The van der Waals surface area contributed by atoms with E-state index in [4.69, 9.17) is 5.73 Å². The van der Waals surface area contributed by atoms with Crippen LogP contribution in [0.25, 0.3) is 0 Å². The molecule has 0 aliphatic carbocycles. The van der Waals surface area contributed by atoms with E-state index in [0.717, 1.165) is 0 Å². The van der Waals surface area contributed by atoms with Gasteiger partial charge in [-0.3, -0.25) is 0 Å². The minimum absolute atomic E-state index is 0.219. The van der Waals surface area contributed by atoms with Crippen LogP contribution in [0, 0.1) is 0 Å². The summed E-state index contributed by atoms with van der Waals surface area (Å²) in [7, 11) is -3.61. The molecule has 0 saturated carbocycles. The van der Waals surface area contributed by atoms with Crippen LogP contribution in [0.4, 0.5) is 5.69 Å². The minimum Gasteiger partial charge on any atom is -0.398 e. The summed E-state index contributed by atoms with van der Waals surface area (Å²) in [6.45, 7) is -0.312. The van der Waals surface area contributed by atoms with Crippen LogP contribution in [0.15, 0.2) is 54.6 Å². The summed E-state index contributed by atoms with van der Waals surface area (Å²) in [6.07, 6.45) is 0. The summed E-state index contributed by atoms with van der Waals surface area (Å²) < 4.78 is 26.9. The van der Waals surface area contributed by atoms with Crippen molar-refractivity contribution in [1.29, 1.82) is 0 Å². The molecule has 0 bridgehead atoms. The molecule has 0 fully saturated rings. The molecule has 2 rings (SSSR count). The fourth-order valence-corrected chi connectivity index (χ4v) is 3.42. The predicted octanol–water partition coefficient (Wildman–Crippen LogP) is 1.42. The van der Waals surface area contributed by atoms with Crippen molar-refractivity contribution in [2.75, 3.05) is 12.3 Å². The van der Waals surface area contributed by atoms with Crippen LogP contribution in [0.5, 0.6) is 0 Å². The van der Waals surface area contributed by atoms with Crippen molar-refractivity contribution >= 4 is 15.7 Å². The highest BCUT2D eigenvalue weighted by Crippen LogP contribution is 2.17. The average Bonchev–Trinajstić information content (AvgIpc) is 2.48. The van der Waals surface area contributed by atoms with E-state index < -0.39 is 16.1 Å². The normalized spacial score (nSPS) is 13.0. The molecule has 0 radical (unpaired) electrons. The number of nitrogens with one attached hydrogen (secondary N) is 1. The van der Waals surface area contributed by atoms with Crippen LogP contribution >= 0.6 is 0 Å². The topological polar surface area (TPSA) is 92.4 Å². The molecule has 0 spiro atoms. The number of nitrogen functional groups attached to an aromatic ring is 1. The van der Waals surface area contributed by atoms with Crippen LogP contribution in [0.1, 0.15) is 17.2 Å². The molecule has 5 nitrogen and oxygen atoms in total. The second kappa shape index (κ2) is 6.71. The Morgan fingerprint density at radius 3 is 2.29 bits per heavy atom. The summed E-state index contributed by atoms with van der Waals surface area (Å²) >= 11 is 0. The third-order valence-corrected chi connectivity index (χ3v) is 4.44. The molecule has 0 heterocycles. The van der Waals surface area contributed by atoms with Crippen molar-refractivity contribution in [3.05, 3.63) is 65.7 Å². The highest BCUT2D eigenvalue weighted by molar-refractivity contribution is 7.88. The van der Waals surface area contributed by atoms with Crippen LogP contribution in [-0.4, -0.2) is 20.1 Å². The lowest BCUT2D eigenvalue weighted by atomic mass is 10.1. The number of aliphatic hydroxyl groups is 1. The van der Waals surface area contributed by atoms with Gasteiger partial charge in [-0.15, -0.1) is 0 Å². The summed E-state index contributed by atoms with van der Waals surface area (Å²) in [6, 6.07) is 15.1. The smallest absolute Gasteiger partial charge is 0.216 e. The van der Waals surface area contributed by atoms with E-state index in [1.54, 1.807) is 48.5 Å². The zero-order valence-electron chi connectivity index (χ0n) is 11.4. The zero-order chi connectivity index (χ0) is 15.3. The van der Waals surface area contributed by atoms with Crippen LogP contribution in [0.3, 0.4) is 0 Å². The number of para-hydroxylation sites is 1. The molecule has 0 aromatic heterocycles. The quantitative estimate of drug-likeness (QED) is 0.704. The Morgan fingerprint density at radius 1 is 1.05 bits per heavy atom. The third-order valence-electron chi connectivity index (χ3n) is 3.11. The van der Waals surface area contributed by atoms with Gasteiger partial charge in [0.25, 0.3) is 0 Å². The first-order valence-electron chi connectivity index (χ1n) is 6.51. The molecule has 0 aliphatic heterocycles. The lowest BCUT2D eigenvalue weighted by molar-refractivity contribution is 0.259. The van der Waals surface area contributed by atoms with Gasteiger partial charge in [-0.2, -0.15) is 0 Å². The van der Waals surface area contributed by atoms with Gasteiger partial charge < -0.3 is 10.8 Å². The summed E-state index contributed by atoms with van der Waals surface area (Å²) in [5, 5.41) is 9.41. The van der Waals surface area contributed by atoms with E-state index in [0.29, 0.717) is 16.8 Å². The Hall–Kier alpha value is -1.89. The van der Waals surface area contributed by atoms with Gasteiger partial charge in [-0.25, -0.2) is 13.1 Å². The van der Waals surface area contributed by atoms with Crippen molar-refractivity contribution in [1.82, 2.24) is 4.72 Å². The van der Waals surface area contributed by atoms with Gasteiger partial charge in [0, 0.05) is 5.69 Å². The Bertz CT molecular complexity index is 687. The first kappa shape index (κ1) is 15.5. The van der Waals surface area contributed by atoms with Gasteiger partial charge in [0.1, 0.15) is 0 Å². The van der Waals surface area contributed by atoms with Crippen LogP contribution < -0.4 is 10.5 Å². The molecule has 0 aliphatic rings. The van der Waals surface area contributed by atoms with E-state index in [1.165, 1.54) is 0 Å². The number of sulfonamides is 1. The monoisotopic (exact) mass is 306 g/mol. The predicted molar refractivity (Wildman–Crippen MR) is 82.9 cm³/mol. The fraction of sp³-hybridized carbons (Fsp3) is 0.200. The van der Waals surface area contributed by atoms with E-state index in [2.05, 4.69) is 4.72 Å². The van der Waals surface area contributed by atoms with E-state index in [1.807, 2.05) is 6.07 Å². The molecule has 2 aromatic rings. The van der Waals surface area contributed by atoms with E-state index in [-0.39, 0.29) is 12.4 Å². The van der Waals surface area contributed by atoms with Gasteiger partial charge >= 0.3 is 0 Å². The van der Waals surface area contributed by atoms with E-state index >= 15 is 0 Å². The first-order valence-corrected chi connectivity index (χ1v) is 8.16. The van der Waals surface area contributed by atoms with Gasteiger partial charge in [0.2, 0.25) is 10.0 Å². The number of nitrogens with two attached hydrogens (primary N) is 1. The molecule has 4 N–H and O–H groups in total.